The second kappa shape index (κ2) is 9.27. The maximum absolute atomic E-state index is 12.4. The van der Waals surface area contributed by atoms with Crippen LogP contribution in [-0.4, -0.2) is 39.9 Å². The van der Waals surface area contributed by atoms with Crippen molar-refractivity contribution in [1.82, 2.24) is 20.7 Å². The van der Waals surface area contributed by atoms with Crippen LogP contribution in [0.4, 0.5) is 0 Å². The molecule has 0 bridgehead atoms. The molecule has 154 valence electrons. The van der Waals surface area contributed by atoms with Crippen LogP contribution < -0.4 is 10.9 Å². The van der Waals surface area contributed by atoms with Crippen LogP contribution in [0.5, 0.6) is 0 Å². The highest BCUT2D eigenvalue weighted by atomic mass is 32.2. The summed E-state index contributed by atoms with van der Waals surface area (Å²) in [4.78, 5) is 42.8. The predicted molar refractivity (Wildman–Crippen MR) is 117 cm³/mol. The zero-order valence-corrected chi connectivity index (χ0v) is 17.7. The lowest BCUT2D eigenvalue weighted by Crippen LogP contribution is -2.45. The van der Waals surface area contributed by atoms with E-state index in [1.807, 2.05) is 54.6 Å². The number of carbonyl (C=O) groups excluding carboxylic acids is 3. The molecular weight excluding hydrogens is 420 g/mol. The average Bonchev–Trinajstić information content (AvgIpc) is 3.34. The van der Waals surface area contributed by atoms with Crippen LogP contribution in [-0.2, 0) is 20.9 Å². The minimum absolute atomic E-state index is 0.0586. The minimum atomic E-state index is -0.474. The molecule has 2 N–H and O–H groups in total. The Hall–Kier alpha value is -2.91. The lowest BCUT2D eigenvalue weighted by Gasteiger charge is -2.16. The average molecular weight is 441 g/mol. The zero-order valence-electron chi connectivity index (χ0n) is 16.0. The summed E-state index contributed by atoms with van der Waals surface area (Å²) in [6.07, 6.45) is 0.148. The maximum Gasteiger partial charge on any atom is 0.248 e. The summed E-state index contributed by atoms with van der Waals surface area (Å²) in [6, 6.07) is 17.4. The highest BCUT2D eigenvalue weighted by Crippen LogP contribution is 2.29. The number of thioether (sulfide) groups is 1. The normalized spacial score (nSPS) is 16.1. The summed E-state index contributed by atoms with van der Waals surface area (Å²) < 4.78 is 1.87. The summed E-state index contributed by atoms with van der Waals surface area (Å²) >= 11 is 2.85. The molecule has 3 amide bonds. The highest BCUT2D eigenvalue weighted by molar-refractivity contribution is 8.01. The molecule has 1 aliphatic rings. The molecule has 1 fully saturated rings. The van der Waals surface area contributed by atoms with Crippen LogP contribution in [0.1, 0.15) is 12.0 Å². The van der Waals surface area contributed by atoms with E-state index < -0.39 is 5.92 Å². The maximum atomic E-state index is 12.4. The predicted octanol–water partition coefficient (Wildman–Crippen LogP) is 2.58. The van der Waals surface area contributed by atoms with Gasteiger partial charge in [0.1, 0.15) is 0 Å². The van der Waals surface area contributed by atoms with Crippen molar-refractivity contribution in [1.29, 1.82) is 0 Å². The number of aromatic nitrogens is 1. The Kier molecular flexibility index (Phi) is 6.29. The number of likely N-dealkylation sites (tertiary alicyclic amines) is 1. The van der Waals surface area contributed by atoms with Crippen LogP contribution in [0.2, 0.25) is 0 Å². The first-order valence-electron chi connectivity index (χ1n) is 9.47. The number of hydrogen-bond acceptors (Lipinski definition) is 6. The molecule has 4 rings (SSSR count). The van der Waals surface area contributed by atoms with Gasteiger partial charge in [-0.2, -0.15) is 0 Å². The molecule has 1 aromatic heterocycles. The lowest BCUT2D eigenvalue weighted by molar-refractivity contribution is -0.130. The molecule has 3 aromatic rings. The van der Waals surface area contributed by atoms with Gasteiger partial charge < -0.3 is 4.90 Å². The molecule has 0 radical (unpaired) electrons. The van der Waals surface area contributed by atoms with E-state index in [1.54, 1.807) is 4.90 Å². The van der Waals surface area contributed by atoms with Crippen molar-refractivity contribution in [2.24, 2.45) is 5.92 Å². The standard InChI is InChI=1S/C21H20N4O3S2/c26-18(13-29-21-22-16-8-4-5-9-17(16)30-21)23-24-20(28)15-10-19(27)25(12-15)11-14-6-2-1-3-7-14/h1-9,15H,10-13H2,(H,23,26)(H,24,28)/t15-/m1/s1. The van der Waals surface area contributed by atoms with Crippen molar-refractivity contribution >= 4 is 51.0 Å². The molecule has 1 aliphatic heterocycles. The van der Waals surface area contributed by atoms with Gasteiger partial charge in [0.15, 0.2) is 4.34 Å². The first-order valence-corrected chi connectivity index (χ1v) is 11.3. The Morgan fingerprint density at radius 1 is 1.10 bits per heavy atom. The van der Waals surface area contributed by atoms with Gasteiger partial charge in [-0.25, -0.2) is 4.98 Å². The van der Waals surface area contributed by atoms with Gasteiger partial charge in [-0.3, -0.25) is 25.2 Å². The first-order chi connectivity index (χ1) is 14.6. The molecule has 1 atom stereocenters. The molecule has 1 saturated heterocycles. The number of hydrogen-bond donors (Lipinski definition) is 2. The fraction of sp³-hybridized carbons (Fsp3) is 0.238. The lowest BCUT2D eigenvalue weighted by atomic mass is 10.1. The third-order valence-corrected chi connectivity index (χ3v) is 6.91. The van der Waals surface area contributed by atoms with Crippen molar-refractivity contribution in [3.05, 3.63) is 60.2 Å². The van der Waals surface area contributed by atoms with Crippen molar-refractivity contribution in [2.75, 3.05) is 12.3 Å². The third-order valence-electron chi connectivity index (χ3n) is 4.73. The molecule has 0 unspecified atom stereocenters. The third kappa shape index (κ3) is 4.98. The van der Waals surface area contributed by atoms with Gasteiger partial charge in [-0.15, -0.1) is 11.3 Å². The number of nitrogens with one attached hydrogen (secondary N) is 2. The number of fused-ring (bicyclic) bond motifs is 1. The Balaban J connectivity index is 1.22. The summed E-state index contributed by atoms with van der Waals surface area (Å²) in [6.45, 7) is 0.824. The van der Waals surface area contributed by atoms with Crippen LogP contribution in [0, 0.1) is 5.92 Å². The second-order valence-corrected chi connectivity index (χ2v) is 9.19. The van der Waals surface area contributed by atoms with E-state index in [9.17, 15) is 14.4 Å². The molecule has 0 aliphatic carbocycles. The van der Waals surface area contributed by atoms with Gasteiger partial charge in [0.05, 0.1) is 21.9 Å². The van der Waals surface area contributed by atoms with E-state index in [4.69, 9.17) is 0 Å². The number of rotatable bonds is 6. The number of thiazole rings is 1. The highest BCUT2D eigenvalue weighted by Gasteiger charge is 2.34. The zero-order chi connectivity index (χ0) is 20.9. The molecule has 9 heteroatoms. The quantitative estimate of drug-likeness (QED) is 0.454. The summed E-state index contributed by atoms with van der Waals surface area (Å²) in [5.41, 5.74) is 6.80. The van der Waals surface area contributed by atoms with Gasteiger partial charge in [-0.1, -0.05) is 54.2 Å². The summed E-state index contributed by atoms with van der Waals surface area (Å²) in [5, 5.41) is 0. The van der Waals surface area contributed by atoms with Crippen molar-refractivity contribution < 1.29 is 14.4 Å². The number of benzene rings is 2. The van der Waals surface area contributed by atoms with E-state index in [1.165, 1.54) is 23.1 Å². The number of nitrogens with zero attached hydrogens (tertiary/aromatic N) is 2. The molecule has 0 saturated carbocycles. The molecule has 2 heterocycles. The van der Waals surface area contributed by atoms with Gasteiger partial charge in [0, 0.05) is 19.5 Å². The Morgan fingerprint density at radius 2 is 1.87 bits per heavy atom. The molecular formula is C21H20N4O3S2. The van der Waals surface area contributed by atoms with Crippen molar-refractivity contribution in [2.45, 2.75) is 17.3 Å². The van der Waals surface area contributed by atoms with Gasteiger partial charge in [-0.05, 0) is 17.7 Å². The van der Waals surface area contributed by atoms with Crippen molar-refractivity contribution in [3.63, 3.8) is 0 Å². The second-order valence-electron chi connectivity index (χ2n) is 6.93. The monoisotopic (exact) mass is 440 g/mol. The van der Waals surface area contributed by atoms with Crippen LogP contribution in [0.15, 0.2) is 58.9 Å². The Morgan fingerprint density at radius 3 is 2.67 bits per heavy atom. The fourth-order valence-electron chi connectivity index (χ4n) is 3.21. The van der Waals surface area contributed by atoms with Crippen LogP contribution in [0.25, 0.3) is 10.2 Å². The van der Waals surface area contributed by atoms with E-state index in [0.717, 1.165) is 20.1 Å². The molecule has 2 aromatic carbocycles. The largest absolute Gasteiger partial charge is 0.338 e. The van der Waals surface area contributed by atoms with Crippen LogP contribution >= 0.6 is 23.1 Å². The fourth-order valence-corrected chi connectivity index (χ4v) is 5.08. The summed E-state index contributed by atoms with van der Waals surface area (Å²) in [5.74, 6) is -1.06. The minimum Gasteiger partial charge on any atom is -0.338 e. The molecule has 0 spiro atoms. The first kappa shape index (κ1) is 20.4. The Bertz CT molecular complexity index is 1040. The molecule has 30 heavy (non-hydrogen) atoms. The van der Waals surface area contributed by atoms with Crippen molar-refractivity contribution in [3.8, 4) is 0 Å². The number of amides is 3. The SMILES string of the molecule is O=C(CSc1nc2ccccc2s1)NNC(=O)[C@@H]1CC(=O)N(Cc2ccccc2)C1. The number of para-hydroxylation sites is 1. The van der Waals surface area contributed by atoms with Gasteiger partial charge >= 0.3 is 0 Å². The van der Waals surface area contributed by atoms with E-state index in [0.29, 0.717) is 13.1 Å². The summed E-state index contributed by atoms with van der Waals surface area (Å²) in [7, 11) is 0. The molecule has 7 nitrogen and oxygen atoms in total. The van der Waals surface area contributed by atoms with E-state index in [2.05, 4.69) is 15.8 Å². The number of hydrazine groups is 1. The van der Waals surface area contributed by atoms with Crippen LogP contribution in [0.3, 0.4) is 0 Å². The van der Waals surface area contributed by atoms with Gasteiger partial charge in [0.25, 0.3) is 0 Å². The van der Waals surface area contributed by atoms with E-state index >= 15 is 0 Å². The van der Waals surface area contributed by atoms with Gasteiger partial charge in [0.2, 0.25) is 17.7 Å². The van der Waals surface area contributed by atoms with E-state index in [-0.39, 0.29) is 29.9 Å². The smallest absolute Gasteiger partial charge is 0.248 e. The Labute approximate surface area is 181 Å². The topological polar surface area (TPSA) is 91.4 Å². The number of carbonyl (C=O) groups is 3.